The van der Waals surface area contributed by atoms with E-state index in [1.165, 1.54) is 15.6 Å². The lowest BCUT2D eigenvalue weighted by atomic mass is 10.1. The van der Waals surface area contributed by atoms with Crippen molar-refractivity contribution < 1.29 is 4.79 Å². The first-order chi connectivity index (χ1) is 8.16. The van der Waals surface area contributed by atoms with Gasteiger partial charge in [-0.05, 0) is 27.6 Å². The molecule has 0 atom stereocenters. The molecule has 17 heavy (non-hydrogen) atoms. The van der Waals surface area contributed by atoms with E-state index in [-0.39, 0.29) is 0 Å². The lowest BCUT2D eigenvalue weighted by molar-refractivity contribution is -0.115. The number of benzene rings is 1. The molecule has 90 valence electrons. The Morgan fingerprint density at radius 3 is 2.88 bits per heavy atom. The highest BCUT2D eigenvalue weighted by Gasteiger charge is 2.09. The van der Waals surface area contributed by atoms with Crippen molar-refractivity contribution in [2.45, 2.75) is 25.5 Å². The number of fused-ring (bicyclic) bond motifs is 1. The van der Waals surface area contributed by atoms with Gasteiger partial charge < -0.3 is 0 Å². The first kappa shape index (κ1) is 12.7. The third kappa shape index (κ3) is 3.33. The zero-order valence-corrected chi connectivity index (χ0v) is 11.7. The molecular formula is C14H16OS2. The second kappa shape index (κ2) is 5.69. The normalized spacial score (nSPS) is 11.2. The van der Waals surface area contributed by atoms with Crippen LogP contribution >= 0.6 is 23.1 Å². The van der Waals surface area contributed by atoms with E-state index >= 15 is 0 Å². The Hall–Kier alpha value is -0.800. The number of hydrogen-bond donors (Lipinski definition) is 0. The van der Waals surface area contributed by atoms with Crippen molar-refractivity contribution in [2.75, 3.05) is 5.75 Å². The van der Waals surface area contributed by atoms with Crippen molar-refractivity contribution in [3.05, 3.63) is 35.2 Å². The van der Waals surface area contributed by atoms with E-state index in [2.05, 4.69) is 31.4 Å². The average Bonchev–Trinajstić information content (AvgIpc) is 2.70. The van der Waals surface area contributed by atoms with Gasteiger partial charge in [-0.2, -0.15) is 11.8 Å². The van der Waals surface area contributed by atoms with Gasteiger partial charge in [-0.3, -0.25) is 4.79 Å². The van der Waals surface area contributed by atoms with Crippen LogP contribution in [0.2, 0.25) is 0 Å². The van der Waals surface area contributed by atoms with Crippen LogP contribution in [0.15, 0.2) is 29.6 Å². The van der Waals surface area contributed by atoms with Gasteiger partial charge in [-0.1, -0.05) is 32.0 Å². The fourth-order valence-electron chi connectivity index (χ4n) is 1.69. The van der Waals surface area contributed by atoms with Crippen LogP contribution in [0.25, 0.3) is 10.1 Å². The molecule has 1 heterocycles. The number of thiophene rings is 1. The van der Waals surface area contributed by atoms with Gasteiger partial charge in [0.15, 0.2) is 0 Å². The summed E-state index contributed by atoms with van der Waals surface area (Å²) in [5.41, 5.74) is 1.18. The maximum atomic E-state index is 11.8. The molecule has 0 unspecified atom stereocenters. The van der Waals surface area contributed by atoms with E-state index in [4.69, 9.17) is 0 Å². The Bertz CT molecular complexity index is 514. The molecule has 1 aromatic heterocycles. The van der Waals surface area contributed by atoms with E-state index in [0.717, 1.165) is 0 Å². The Balaban J connectivity index is 2.06. The number of thioether (sulfide) groups is 1. The molecule has 1 nitrogen and oxygen atoms in total. The molecule has 0 saturated heterocycles. The fourth-order valence-corrected chi connectivity index (χ4v) is 3.28. The molecule has 0 spiro atoms. The first-order valence-corrected chi connectivity index (χ1v) is 7.68. The second-order valence-electron chi connectivity index (χ2n) is 4.33. The van der Waals surface area contributed by atoms with Gasteiger partial charge in [0.1, 0.15) is 5.78 Å². The zero-order chi connectivity index (χ0) is 12.3. The standard InChI is InChI=1S/C14H16OS2/c1-10(2)16-9-12(15)7-11-8-17-14-6-4-3-5-13(11)14/h3-6,8,10H,7,9H2,1-2H3. The Morgan fingerprint density at radius 2 is 2.12 bits per heavy atom. The van der Waals surface area contributed by atoms with Gasteiger partial charge in [0.05, 0.1) is 5.75 Å². The van der Waals surface area contributed by atoms with Crippen LogP contribution in [0, 0.1) is 0 Å². The maximum Gasteiger partial charge on any atom is 0.147 e. The minimum absolute atomic E-state index is 0.326. The fraction of sp³-hybridized carbons (Fsp3) is 0.357. The van der Waals surface area contributed by atoms with Crippen molar-refractivity contribution in [3.63, 3.8) is 0 Å². The topological polar surface area (TPSA) is 17.1 Å². The third-order valence-electron chi connectivity index (χ3n) is 2.53. The molecule has 0 bridgehead atoms. The molecule has 3 heteroatoms. The molecule has 0 aliphatic carbocycles. The first-order valence-electron chi connectivity index (χ1n) is 5.75. The van der Waals surface area contributed by atoms with Crippen LogP contribution in [0.3, 0.4) is 0 Å². The van der Waals surface area contributed by atoms with Gasteiger partial charge in [0.25, 0.3) is 0 Å². The second-order valence-corrected chi connectivity index (χ2v) is 6.81. The van der Waals surface area contributed by atoms with E-state index in [0.29, 0.717) is 23.2 Å². The molecule has 0 N–H and O–H groups in total. The summed E-state index contributed by atoms with van der Waals surface area (Å²) in [6.45, 7) is 4.25. The van der Waals surface area contributed by atoms with E-state index in [1.807, 2.05) is 12.1 Å². The monoisotopic (exact) mass is 264 g/mol. The van der Waals surface area contributed by atoms with Crippen LogP contribution in [-0.4, -0.2) is 16.8 Å². The molecule has 0 radical (unpaired) electrons. The van der Waals surface area contributed by atoms with Crippen molar-refractivity contribution in [1.82, 2.24) is 0 Å². The molecule has 0 aliphatic heterocycles. The van der Waals surface area contributed by atoms with E-state index in [1.54, 1.807) is 23.1 Å². The summed E-state index contributed by atoms with van der Waals surface area (Å²) < 4.78 is 1.27. The number of hydrogen-bond acceptors (Lipinski definition) is 3. The number of ketones is 1. The summed E-state index contributed by atoms with van der Waals surface area (Å²) in [5.74, 6) is 0.953. The summed E-state index contributed by atoms with van der Waals surface area (Å²) >= 11 is 3.44. The molecular weight excluding hydrogens is 248 g/mol. The maximum absolute atomic E-state index is 11.8. The minimum Gasteiger partial charge on any atom is -0.298 e. The largest absolute Gasteiger partial charge is 0.298 e. The number of Topliss-reactive ketones (excluding diaryl/α,β-unsaturated/α-hetero) is 1. The Morgan fingerprint density at radius 1 is 1.35 bits per heavy atom. The average molecular weight is 264 g/mol. The smallest absolute Gasteiger partial charge is 0.147 e. The molecule has 0 fully saturated rings. The van der Waals surface area contributed by atoms with Crippen LogP contribution in [0.5, 0.6) is 0 Å². The van der Waals surface area contributed by atoms with Gasteiger partial charge in [0.2, 0.25) is 0 Å². The Kier molecular flexibility index (Phi) is 4.24. The van der Waals surface area contributed by atoms with Crippen molar-refractivity contribution >= 4 is 39.0 Å². The van der Waals surface area contributed by atoms with Crippen LogP contribution in [-0.2, 0) is 11.2 Å². The lowest BCUT2D eigenvalue weighted by Crippen LogP contribution is -2.07. The Labute approximate surface area is 110 Å². The number of carbonyl (C=O) groups excluding carboxylic acids is 1. The summed E-state index contributed by atoms with van der Waals surface area (Å²) in [7, 11) is 0. The molecule has 0 amide bonds. The predicted octanol–water partition coefficient (Wildman–Crippen LogP) is 4.15. The summed E-state index contributed by atoms with van der Waals surface area (Å²) in [5, 5.41) is 3.88. The highest BCUT2D eigenvalue weighted by atomic mass is 32.2. The molecule has 2 aromatic rings. The molecule has 0 aliphatic rings. The van der Waals surface area contributed by atoms with Gasteiger partial charge in [0, 0.05) is 11.1 Å². The molecule has 1 aromatic carbocycles. The van der Waals surface area contributed by atoms with Crippen LogP contribution in [0.1, 0.15) is 19.4 Å². The highest BCUT2D eigenvalue weighted by Crippen LogP contribution is 2.26. The van der Waals surface area contributed by atoms with Crippen molar-refractivity contribution in [1.29, 1.82) is 0 Å². The van der Waals surface area contributed by atoms with E-state index in [9.17, 15) is 4.79 Å². The number of rotatable bonds is 5. The minimum atomic E-state index is 0.326. The SMILES string of the molecule is CC(C)SCC(=O)Cc1csc2ccccc12. The summed E-state index contributed by atoms with van der Waals surface area (Å²) in [6, 6.07) is 8.28. The van der Waals surface area contributed by atoms with Gasteiger partial charge >= 0.3 is 0 Å². The van der Waals surface area contributed by atoms with E-state index < -0.39 is 0 Å². The molecule has 2 rings (SSSR count). The van der Waals surface area contributed by atoms with Crippen molar-refractivity contribution in [2.24, 2.45) is 0 Å². The van der Waals surface area contributed by atoms with Gasteiger partial charge in [-0.15, -0.1) is 11.3 Å². The van der Waals surface area contributed by atoms with Crippen molar-refractivity contribution in [3.8, 4) is 0 Å². The quantitative estimate of drug-likeness (QED) is 0.807. The van der Waals surface area contributed by atoms with Crippen LogP contribution < -0.4 is 0 Å². The zero-order valence-electron chi connectivity index (χ0n) is 10.1. The lowest BCUT2D eigenvalue weighted by Gasteiger charge is -2.03. The molecule has 0 saturated carbocycles. The summed E-state index contributed by atoms with van der Waals surface area (Å²) in [4.78, 5) is 11.8. The number of carbonyl (C=O) groups is 1. The summed E-state index contributed by atoms with van der Waals surface area (Å²) in [6.07, 6.45) is 0.573. The highest BCUT2D eigenvalue weighted by molar-refractivity contribution is 8.00. The third-order valence-corrected chi connectivity index (χ3v) is 4.69. The van der Waals surface area contributed by atoms with Gasteiger partial charge in [-0.25, -0.2) is 0 Å². The predicted molar refractivity (Wildman–Crippen MR) is 78.1 cm³/mol. The van der Waals surface area contributed by atoms with Crippen LogP contribution in [0.4, 0.5) is 0 Å².